The molecule has 5 nitrogen and oxygen atoms in total. The summed E-state index contributed by atoms with van der Waals surface area (Å²) in [6, 6.07) is 0. The van der Waals surface area contributed by atoms with Crippen LogP contribution in [0.15, 0.2) is 11.6 Å². The maximum atomic E-state index is 12.7. The van der Waals surface area contributed by atoms with Gasteiger partial charge in [0.15, 0.2) is 0 Å². The second-order valence-electron chi connectivity index (χ2n) is 6.24. The Morgan fingerprint density at radius 3 is 2.81 bits per heavy atom. The van der Waals surface area contributed by atoms with Crippen LogP contribution in [0.5, 0.6) is 0 Å². The SMILES string of the molecule is CCCNCC1CCCN(S(=O)(=O)N2CC=C(C)CC2)C1. The Kier molecular flexibility index (Phi) is 6.22. The number of nitrogens with one attached hydrogen (secondary N) is 1. The summed E-state index contributed by atoms with van der Waals surface area (Å²) in [5.41, 5.74) is 1.29. The van der Waals surface area contributed by atoms with Gasteiger partial charge in [-0.25, -0.2) is 0 Å². The lowest BCUT2D eigenvalue weighted by atomic mass is 10.00. The fourth-order valence-corrected chi connectivity index (χ4v) is 4.68. The quantitative estimate of drug-likeness (QED) is 0.598. The molecular formula is C15H29N3O2S. The van der Waals surface area contributed by atoms with Gasteiger partial charge in [-0.3, -0.25) is 0 Å². The number of hydrogen-bond donors (Lipinski definition) is 1. The van der Waals surface area contributed by atoms with Crippen molar-refractivity contribution in [2.45, 2.75) is 39.5 Å². The molecule has 0 spiro atoms. The monoisotopic (exact) mass is 315 g/mol. The number of piperidine rings is 1. The van der Waals surface area contributed by atoms with E-state index in [-0.39, 0.29) is 0 Å². The van der Waals surface area contributed by atoms with Crippen LogP contribution in [0.4, 0.5) is 0 Å². The molecule has 1 saturated heterocycles. The molecular weight excluding hydrogens is 286 g/mol. The van der Waals surface area contributed by atoms with Crippen LogP contribution in [0.1, 0.15) is 39.5 Å². The zero-order chi connectivity index (χ0) is 15.3. The average Bonchev–Trinajstić information content (AvgIpc) is 2.48. The van der Waals surface area contributed by atoms with Gasteiger partial charge in [0.1, 0.15) is 0 Å². The molecule has 0 bridgehead atoms. The summed E-state index contributed by atoms with van der Waals surface area (Å²) in [6.07, 6.45) is 6.11. The molecule has 0 amide bonds. The Morgan fingerprint density at radius 1 is 1.33 bits per heavy atom. The minimum absolute atomic E-state index is 0.446. The van der Waals surface area contributed by atoms with Gasteiger partial charge < -0.3 is 5.32 Å². The molecule has 2 heterocycles. The number of rotatable bonds is 6. The van der Waals surface area contributed by atoms with E-state index < -0.39 is 10.2 Å². The van der Waals surface area contributed by atoms with E-state index in [1.807, 2.05) is 6.08 Å². The van der Waals surface area contributed by atoms with Gasteiger partial charge in [-0.05, 0) is 51.6 Å². The predicted octanol–water partition coefficient (Wildman–Crippen LogP) is 1.59. The third-order valence-corrected chi connectivity index (χ3v) is 6.36. The van der Waals surface area contributed by atoms with Gasteiger partial charge in [0.05, 0.1) is 0 Å². The van der Waals surface area contributed by atoms with E-state index >= 15 is 0 Å². The maximum Gasteiger partial charge on any atom is 0.282 e. The van der Waals surface area contributed by atoms with Crippen molar-refractivity contribution in [3.05, 3.63) is 11.6 Å². The third-order valence-electron chi connectivity index (χ3n) is 4.39. The molecule has 0 aromatic carbocycles. The Hall–Kier alpha value is -0.430. The van der Waals surface area contributed by atoms with Crippen molar-refractivity contribution in [3.63, 3.8) is 0 Å². The van der Waals surface area contributed by atoms with Gasteiger partial charge in [-0.1, -0.05) is 18.6 Å². The van der Waals surface area contributed by atoms with E-state index in [9.17, 15) is 8.42 Å². The first-order valence-corrected chi connectivity index (χ1v) is 9.55. The molecule has 0 saturated carbocycles. The minimum Gasteiger partial charge on any atom is -0.316 e. The molecule has 122 valence electrons. The Balaban J connectivity index is 1.93. The van der Waals surface area contributed by atoms with Gasteiger partial charge in [0.25, 0.3) is 10.2 Å². The smallest absolute Gasteiger partial charge is 0.282 e. The highest BCUT2D eigenvalue weighted by Gasteiger charge is 2.33. The van der Waals surface area contributed by atoms with Crippen LogP contribution in [-0.2, 0) is 10.2 Å². The normalized spacial score (nSPS) is 25.8. The molecule has 2 aliphatic rings. The molecule has 1 N–H and O–H groups in total. The molecule has 0 radical (unpaired) electrons. The highest BCUT2D eigenvalue weighted by atomic mass is 32.2. The van der Waals surface area contributed by atoms with Crippen LogP contribution in [0.2, 0.25) is 0 Å². The molecule has 1 unspecified atom stereocenters. The van der Waals surface area contributed by atoms with Crippen molar-refractivity contribution in [1.29, 1.82) is 0 Å². The minimum atomic E-state index is -3.28. The van der Waals surface area contributed by atoms with Crippen molar-refractivity contribution in [2.75, 3.05) is 39.3 Å². The highest BCUT2D eigenvalue weighted by Crippen LogP contribution is 2.22. The van der Waals surface area contributed by atoms with Gasteiger partial charge in [0.2, 0.25) is 0 Å². The van der Waals surface area contributed by atoms with Crippen LogP contribution in [0, 0.1) is 5.92 Å². The van der Waals surface area contributed by atoms with Crippen molar-refractivity contribution in [2.24, 2.45) is 5.92 Å². The van der Waals surface area contributed by atoms with E-state index in [1.165, 1.54) is 5.57 Å². The zero-order valence-corrected chi connectivity index (χ0v) is 14.2. The Labute approximate surface area is 129 Å². The molecule has 6 heteroatoms. The molecule has 0 aliphatic carbocycles. The largest absolute Gasteiger partial charge is 0.316 e. The lowest BCUT2D eigenvalue weighted by molar-refractivity contribution is 0.243. The zero-order valence-electron chi connectivity index (χ0n) is 13.3. The summed E-state index contributed by atoms with van der Waals surface area (Å²) < 4.78 is 28.8. The fourth-order valence-electron chi connectivity index (χ4n) is 3.01. The van der Waals surface area contributed by atoms with E-state index in [0.717, 1.165) is 38.8 Å². The van der Waals surface area contributed by atoms with Crippen LogP contribution < -0.4 is 5.32 Å². The predicted molar refractivity (Wildman–Crippen MR) is 86.3 cm³/mol. The van der Waals surface area contributed by atoms with E-state index in [1.54, 1.807) is 8.61 Å². The molecule has 0 aromatic rings. The van der Waals surface area contributed by atoms with Gasteiger partial charge in [0, 0.05) is 26.2 Å². The second kappa shape index (κ2) is 7.72. The summed E-state index contributed by atoms with van der Waals surface area (Å²) >= 11 is 0. The first-order chi connectivity index (χ1) is 10.0. The van der Waals surface area contributed by atoms with E-state index in [2.05, 4.69) is 19.2 Å². The van der Waals surface area contributed by atoms with E-state index in [0.29, 0.717) is 32.1 Å². The van der Waals surface area contributed by atoms with Crippen LogP contribution in [0.3, 0.4) is 0 Å². The summed E-state index contributed by atoms with van der Waals surface area (Å²) in [5, 5.41) is 3.42. The molecule has 21 heavy (non-hydrogen) atoms. The van der Waals surface area contributed by atoms with Crippen molar-refractivity contribution in [1.82, 2.24) is 13.9 Å². The van der Waals surface area contributed by atoms with Crippen LogP contribution >= 0.6 is 0 Å². The number of hydrogen-bond acceptors (Lipinski definition) is 3. The summed E-state index contributed by atoms with van der Waals surface area (Å²) in [6.45, 7) is 8.66. The summed E-state index contributed by atoms with van der Waals surface area (Å²) in [5.74, 6) is 0.446. The van der Waals surface area contributed by atoms with Crippen molar-refractivity contribution < 1.29 is 8.42 Å². The van der Waals surface area contributed by atoms with Crippen molar-refractivity contribution in [3.8, 4) is 0 Å². The molecule has 1 fully saturated rings. The molecule has 0 aromatic heterocycles. The average molecular weight is 315 g/mol. The van der Waals surface area contributed by atoms with Crippen molar-refractivity contribution >= 4 is 10.2 Å². The van der Waals surface area contributed by atoms with Gasteiger partial charge in [-0.2, -0.15) is 17.0 Å². The maximum absolute atomic E-state index is 12.7. The van der Waals surface area contributed by atoms with E-state index in [4.69, 9.17) is 0 Å². The Bertz CT molecular complexity index is 462. The second-order valence-corrected chi connectivity index (χ2v) is 8.17. The third kappa shape index (κ3) is 4.52. The van der Waals surface area contributed by atoms with Crippen LogP contribution in [-0.4, -0.2) is 56.3 Å². The standard InChI is InChI=1S/C15H29N3O2S/c1-3-8-16-12-15-5-4-9-18(13-15)21(19,20)17-10-6-14(2)7-11-17/h6,15-16H,3-5,7-13H2,1-2H3. The number of nitrogens with zero attached hydrogens (tertiary/aromatic N) is 2. The fraction of sp³-hybridized carbons (Fsp3) is 0.867. The molecule has 2 aliphatic heterocycles. The summed E-state index contributed by atoms with van der Waals surface area (Å²) in [4.78, 5) is 0. The highest BCUT2D eigenvalue weighted by molar-refractivity contribution is 7.86. The van der Waals surface area contributed by atoms with Gasteiger partial charge >= 0.3 is 0 Å². The first-order valence-electron chi connectivity index (χ1n) is 8.15. The summed E-state index contributed by atoms with van der Waals surface area (Å²) in [7, 11) is -3.28. The van der Waals surface area contributed by atoms with Crippen LogP contribution in [0.25, 0.3) is 0 Å². The first kappa shape index (κ1) is 16.9. The Morgan fingerprint density at radius 2 is 2.14 bits per heavy atom. The lowest BCUT2D eigenvalue weighted by Gasteiger charge is -2.36. The van der Waals surface area contributed by atoms with Gasteiger partial charge in [-0.15, -0.1) is 0 Å². The molecule has 2 rings (SSSR count). The lowest BCUT2D eigenvalue weighted by Crippen LogP contribution is -2.50. The molecule has 1 atom stereocenters. The topological polar surface area (TPSA) is 52.7 Å².